The van der Waals surface area contributed by atoms with Crippen LogP contribution in [0.25, 0.3) is 0 Å². The SMILES string of the molecule is C1=NCCN1.[Zn]. The first-order chi connectivity index (χ1) is 2.50. The van der Waals surface area contributed by atoms with E-state index >= 15 is 0 Å². The molecule has 1 aliphatic rings. The summed E-state index contributed by atoms with van der Waals surface area (Å²) in [7, 11) is 0. The Morgan fingerprint density at radius 3 is 2.67 bits per heavy atom. The Bertz CT molecular complexity index is 46.8. The van der Waals surface area contributed by atoms with Crippen LogP contribution < -0.4 is 5.32 Å². The van der Waals surface area contributed by atoms with E-state index < -0.39 is 0 Å². The molecular weight excluding hydrogens is 129 g/mol. The second kappa shape index (κ2) is 3.29. The molecule has 2 nitrogen and oxygen atoms in total. The van der Waals surface area contributed by atoms with E-state index in [0.717, 1.165) is 13.1 Å². The molecule has 0 fully saturated rings. The fourth-order valence-corrected chi connectivity index (χ4v) is 0.323. The van der Waals surface area contributed by atoms with Gasteiger partial charge in [-0.1, -0.05) is 0 Å². The number of hydrogen-bond donors (Lipinski definition) is 1. The van der Waals surface area contributed by atoms with Crippen LogP contribution in [0.3, 0.4) is 0 Å². The van der Waals surface area contributed by atoms with Crippen molar-refractivity contribution in [3.05, 3.63) is 0 Å². The van der Waals surface area contributed by atoms with Crippen molar-refractivity contribution in [2.75, 3.05) is 13.1 Å². The topological polar surface area (TPSA) is 24.4 Å². The van der Waals surface area contributed by atoms with Crippen molar-refractivity contribution in [3.8, 4) is 0 Å². The molecule has 30 valence electrons. The molecule has 0 aromatic carbocycles. The molecule has 1 rings (SSSR count). The van der Waals surface area contributed by atoms with Gasteiger partial charge >= 0.3 is 0 Å². The Kier molecular flexibility index (Phi) is 3.34. The Labute approximate surface area is 49.8 Å². The van der Waals surface area contributed by atoms with Crippen molar-refractivity contribution < 1.29 is 19.5 Å². The van der Waals surface area contributed by atoms with Crippen molar-refractivity contribution in [2.24, 2.45) is 4.99 Å². The van der Waals surface area contributed by atoms with Gasteiger partial charge in [-0.15, -0.1) is 0 Å². The molecule has 0 aliphatic carbocycles. The molecule has 1 aliphatic heterocycles. The summed E-state index contributed by atoms with van der Waals surface area (Å²) in [5, 5.41) is 2.93. The van der Waals surface area contributed by atoms with Crippen molar-refractivity contribution in [3.63, 3.8) is 0 Å². The number of aliphatic imine (C=N–C) groups is 1. The van der Waals surface area contributed by atoms with Gasteiger partial charge in [0.05, 0.1) is 12.9 Å². The van der Waals surface area contributed by atoms with E-state index in [9.17, 15) is 0 Å². The third-order valence-corrected chi connectivity index (χ3v) is 0.568. The number of rotatable bonds is 0. The quantitative estimate of drug-likeness (QED) is 0.450. The van der Waals surface area contributed by atoms with Crippen LogP contribution in [0.15, 0.2) is 4.99 Å². The number of nitrogens with one attached hydrogen (secondary N) is 1. The van der Waals surface area contributed by atoms with Crippen LogP contribution in [0.1, 0.15) is 0 Å². The van der Waals surface area contributed by atoms with Gasteiger partial charge in [0.15, 0.2) is 0 Å². The minimum absolute atomic E-state index is 0. The summed E-state index contributed by atoms with van der Waals surface area (Å²) < 4.78 is 0. The van der Waals surface area contributed by atoms with Crippen molar-refractivity contribution in [1.29, 1.82) is 0 Å². The average molecular weight is 135 g/mol. The molecule has 0 radical (unpaired) electrons. The van der Waals surface area contributed by atoms with E-state index in [4.69, 9.17) is 0 Å². The van der Waals surface area contributed by atoms with E-state index in [-0.39, 0.29) is 19.5 Å². The van der Waals surface area contributed by atoms with Gasteiger partial charge in [-0.05, 0) is 0 Å². The largest absolute Gasteiger partial charge is 0.375 e. The maximum absolute atomic E-state index is 3.85. The van der Waals surface area contributed by atoms with Gasteiger partial charge in [-0.25, -0.2) is 0 Å². The molecule has 0 aromatic heterocycles. The maximum atomic E-state index is 3.85. The number of hydrogen-bond acceptors (Lipinski definition) is 2. The zero-order valence-electron chi connectivity index (χ0n) is 3.65. The van der Waals surface area contributed by atoms with Crippen LogP contribution in [0.4, 0.5) is 0 Å². The van der Waals surface area contributed by atoms with Crippen LogP contribution in [0.5, 0.6) is 0 Å². The van der Waals surface area contributed by atoms with Gasteiger partial charge in [-0.2, -0.15) is 0 Å². The van der Waals surface area contributed by atoms with Crippen LogP contribution in [0, 0.1) is 0 Å². The molecule has 0 unspecified atom stereocenters. The molecular formula is C3H6N2Zn. The van der Waals surface area contributed by atoms with Crippen molar-refractivity contribution in [1.82, 2.24) is 5.32 Å². The third kappa shape index (κ3) is 1.51. The van der Waals surface area contributed by atoms with E-state index in [2.05, 4.69) is 10.3 Å². The van der Waals surface area contributed by atoms with Gasteiger partial charge < -0.3 is 5.32 Å². The van der Waals surface area contributed by atoms with Gasteiger partial charge in [0.1, 0.15) is 0 Å². The van der Waals surface area contributed by atoms with Gasteiger partial charge in [-0.3, -0.25) is 4.99 Å². The molecule has 6 heavy (non-hydrogen) atoms. The first-order valence-electron chi connectivity index (χ1n) is 1.72. The van der Waals surface area contributed by atoms with Gasteiger partial charge in [0, 0.05) is 26.0 Å². The first-order valence-corrected chi connectivity index (χ1v) is 1.72. The van der Waals surface area contributed by atoms with Crippen LogP contribution in [-0.4, -0.2) is 19.4 Å². The molecule has 3 heteroatoms. The number of nitrogens with zero attached hydrogens (tertiary/aromatic N) is 1. The fourth-order valence-electron chi connectivity index (χ4n) is 0.323. The molecule has 0 spiro atoms. The summed E-state index contributed by atoms with van der Waals surface area (Å²) >= 11 is 0. The Hall–Kier alpha value is 0.0934. The maximum Gasteiger partial charge on any atom is 0.0825 e. The molecule has 0 saturated heterocycles. The zero-order valence-corrected chi connectivity index (χ0v) is 6.61. The third-order valence-electron chi connectivity index (χ3n) is 0.568. The molecule has 0 atom stereocenters. The second-order valence-corrected chi connectivity index (χ2v) is 0.989. The summed E-state index contributed by atoms with van der Waals surface area (Å²) in [6.45, 7) is 1.99. The van der Waals surface area contributed by atoms with E-state index in [0.29, 0.717) is 0 Å². The summed E-state index contributed by atoms with van der Waals surface area (Å²) in [5.41, 5.74) is 0. The molecule has 0 saturated carbocycles. The van der Waals surface area contributed by atoms with Gasteiger partial charge in [0.2, 0.25) is 0 Å². The van der Waals surface area contributed by atoms with Crippen LogP contribution >= 0.6 is 0 Å². The normalized spacial score (nSPS) is 16.0. The summed E-state index contributed by atoms with van der Waals surface area (Å²) in [6, 6.07) is 0. The minimum Gasteiger partial charge on any atom is -0.375 e. The Morgan fingerprint density at radius 2 is 2.50 bits per heavy atom. The molecule has 1 N–H and O–H groups in total. The second-order valence-electron chi connectivity index (χ2n) is 0.989. The monoisotopic (exact) mass is 134 g/mol. The predicted molar refractivity (Wildman–Crippen MR) is 21.4 cm³/mol. The van der Waals surface area contributed by atoms with Crippen LogP contribution in [0.2, 0.25) is 0 Å². The smallest absolute Gasteiger partial charge is 0.0825 e. The van der Waals surface area contributed by atoms with E-state index in [1.807, 2.05) is 0 Å². The fraction of sp³-hybridized carbons (Fsp3) is 0.667. The average Bonchev–Trinajstić information content (AvgIpc) is 1.76. The molecule has 0 aromatic rings. The van der Waals surface area contributed by atoms with Gasteiger partial charge in [0.25, 0.3) is 0 Å². The van der Waals surface area contributed by atoms with E-state index in [1.165, 1.54) is 0 Å². The summed E-state index contributed by atoms with van der Waals surface area (Å²) in [6.07, 6.45) is 1.74. The minimum atomic E-state index is 0. The zero-order chi connectivity index (χ0) is 3.54. The van der Waals surface area contributed by atoms with Crippen molar-refractivity contribution >= 4 is 6.34 Å². The molecule has 1 heterocycles. The van der Waals surface area contributed by atoms with Crippen LogP contribution in [-0.2, 0) is 19.5 Å². The Balaban J connectivity index is 0.000000250. The molecule has 0 bridgehead atoms. The van der Waals surface area contributed by atoms with E-state index in [1.54, 1.807) is 6.34 Å². The molecule has 0 amide bonds. The predicted octanol–water partition coefficient (Wildman–Crippen LogP) is -0.385. The first kappa shape index (κ1) is 6.09. The standard InChI is InChI=1S/C3H6N2.Zn/c1-2-5-3-4-1;/h3H,1-2H2,(H,4,5);. The summed E-state index contributed by atoms with van der Waals surface area (Å²) in [5.74, 6) is 0. The summed E-state index contributed by atoms with van der Waals surface area (Å²) in [4.78, 5) is 3.85. The van der Waals surface area contributed by atoms with Crippen molar-refractivity contribution in [2.45, 2.75) is 0 Å². The Morgan fingerprint density at radius 1 is 1.67 bits per heavy atom.